The summed E-state index contributed by atoms with van der Waals surface area (Å²) < 4.78 is 33.4. The van der Waals surface area contributed by atoms with Gasteiger partial charge in [0.1, 0.15) is 5.75 Å². The van der Waals surface area contributed by atoms with Crippen LogP contribution in [0.15, 0.2) is 52.3 Å². The molecule has 0 heterocycles. The molecule has 0 spiro atoms. The predicted molar refractivity (Wildman–Crippen MR) is 106 cm³/mol. The fourth-order valence-electron chi connectivity index (χ4n) is 2.23. The summed E-state index contributed by atoms with van der Waals surface area (Å²) >= 11 is 1.42. The standard InChI is InChI=1S/C18H22N2O4S2/c1-12(2)24-15-7-5-14(6-8-15)20-26(22,23)16-9-10-18(25-4)17(11-16)19-13(3)21/h5-12,20H,1-4H3,(H,19,21). The number of sulfonamides is 1. The highest BCUT2D eigenvalue weighted by Gasteiger charge is 2.17. The minimum atomic E-state index is -3.78. The Balaban J connectivity index is 2.25. The first kappa shape index (κ1) is 20.1. The van der Waals surface area contributed by atoms with Crippen LogP contribution in [0.2, 0.25) is 0 Å². The van der Waals surface area contributed by atoms with E-state index in [1.54, 1.807) is 30.3 Å². The van der Waals surface area contributed by atoms with Crippen molar-refractivity contribution in [3.8, 4) is 5.75 Å². The van der Waals surface area contributed by atoms with Crippen molar-refractivity contribution >= 4 is 39.1 Å². The molecule has 0 radical (unpaired) electrons. The van der Waals surface area contributed by atoms with E-state index in [0.29, 0.717) is 17.1 Å². The van der Waals surface area contributed by atoms with E-state index in [4.69, 9.17) is 4.74 Å². The molecule has 0 saturated heterocycles. The Bertz CT molecular complexity index is 879. The molecule has 140 valence electrons. The molecule has 2 aromatic carbocycles. The first-order chi connectivity index (χ1) is 12.2. The molecule has 2 N–H and O–H groups in total. The SMILES string of the molecule is CSc1ccc(S(=O)(=O)Nc2ccc(OC(C)C)cc2)cc1NC(C)=O. The average molecular weight is 395 g/mol. The van der Waals surface area contributed by atoms with Crippen molar-refractivity contribution in [1.29, 1.82) is 0 Å². The first-order valence-electron chi connectivity index (χ1n) is 7.96. The molecule has 26 heavy (non-hydrogen) atoms. The minimum Gasteiger partial charge on any atom is -0.491 e. The maximum absolute atomic E-state index is 12.6. The number of nitrogens with one attached hydrogen (secondary N) is 2. The van der Waals surface area contributed by atoms with Crippen LogP contribution >= 0.6 is 11.8 Å². The van der Waals surface area contributed by atoms with Crippen molar-refractivity contribution in [2.24, 2.45) is 0 Å². The molecule has 6 nitrogen and oxygen atoms in total. The quantitative estimate of drug-likeness (QED) is 0.695. The summed E-state index contributed by atoms with van der Waals surface area (Å²) in [5.41, 5.74) is 0.893. The first-order valence-corrected chi connectivity index (χ1v) is 10.7. The summed E-state index contributed by atoms with van der Waals surface area (Å²) in [6, 6.07) is 11.3. The van der Waals surface area contributed by atoms with Gasteiger partial charge < -0.3 is 10.1 Å². The van der Waals surface area contributed by atoms with Gasteiger partial charge in [-0.15, -0.1) is 11.8 Å². The van der Waals surface area contributed by atoms with Gasteiger partial charge in [0.2, 0.25) is 5.91 Å². The van der Waals surface area contributed by atoms with Gasteiger partial charge >= 0.3 is 0 Å². The van der Waals surface area contributed by atoms with Gasteiger partial charge in [-0.3, -0.25) is 9.52 Å². The fourth-order valence-corrected chi connectivity index (χ4v) is 3.85. The van der Waals surface area contributed by atoms with E-state index in [1.807, 2.05) is 20.1 Å². The van der Waals surface area contributed by atoms with Crippen LogP contribution < -0.4 is 14.8 Å². The molecule has 0 aliphatic carbocycles. The van der Waals surface area contributed by atoms with Crippen molar-refractivity contribution in [1.82, 2.24) is 0 Å². The van der Waals surface area contributed by atoms with Crippen LogP contribution in [0, 0.1) is 0 Å². The van der Waals surface area contributed by atoms with Crippen molar-refractivity contribution in [2.75, 3.05) is 16.3 Å². The number of rotatable bonds is 7. The number of carbonyl (C=O) groups excluding carboxylic acids is 1. The van der Waals surface area contributed by atoms with Crippen LogP contribution in [0.1, 0.15) is 20.8 Å². The summed E-state index contributed by atoms with van der Waals surface area (Å²) in [5.74, 6) is 0.406. The summed E-state index contributed by atoms with van der Waals surface area (Å²) in [4.78, 5) is 12.2. The van der Waals surface area contributed by atoms with E-state index < -0.39 is 10.0 Å². The lowest BCUT2D eigenvalue weighted by Crippen LogP contribution is -2.14. The maximum atomic E-state index is 12.6. The number of benzene rings is 2. The highest BCUT2D eigenvalue weighted by Crippen LogP contribution is 2.29. The Hall–Kier alpha value is -2.19. The molecule has 8 heteroatoms. The van der Waals surface area contributed by atoms with Crippen LogP contribution in [0.25, 0.3) is 0 Å². The zero-order valence-electron chi connectivity index (χ0n) is 15.1. The van der Waals surface area contributed by atoms with Crippen molar-refractivity contribution < 1.29 is 17.9 Å². The number of ether oxygens (including phenoxy) is 1. The number of amides is 1. The van der Waals surface area contributed by atoms with E-state index in [-0.39, 0.29) is 16.9 Å². The van der Waals surface area contributed by atoms with E-state index in [2.05, 4.69) is 10.0 Å². The second-order valence-electron chi connectivity index (χ2n) is 5.84. The normalized spacial score (nSPS) is 11.3. The van der Waals surface area contributed by atoms with Crippen LogP contribution in [0.5, 0.6) is 5.75 Å². The molecule has 0 unspecified atom stereocenters. The minimum absolute atomic E-state index is 0.0414. The number of hydrogen-bond acceptors (Lipinski definition) is 5. The molecule has 0 fully saturated rings. The zero-order valence-corrected chi connectivity index (χ0v) is 16.7. The average Bonchev–Trinajstić information content (AvgIpc) is 2.55. The van der Waals surface area contributed by atoms with Gasteiger partial charge in [-0.05, 0) is 62.6 Å². The van der Waals surface area contributed by atoms with Crippen molar-refractivity contribution in [3.05, 3.63) is 42.5 Å². The fraction of sp³-hybridized carbons (Fsp3) is 0.278. The van der Waals surface area contributed by atoms with E-state index in [1.165, 1.54) is 30.8 Å². The molecule has 0 bridgehead atoms. The largest absolute Gasteiger partial charge is 0.491 e. The van der Waals surface area contributed by atoms with E-state index >= 15 is 0 Å². The molecule has 0 aromatic heterocycles. The number of thioether (sulfide) groups is 1. The molecular weight excluding hydrogens is 372 g/mol. The van der Waals surface area contributed by atoms with Crippen LogP contribution in [0.3, 0.4) is 0 Å². The topological polar surface area (TPSA) is 84.5 Å². The van der Waals surface area contributed by atoms with Crippen molar-refractivity contribution in [2.45, 2.75) is 36.7 Å². The lowest BCUT2D eigenvalue weighted by Gasteiger charge is -2.13. The number of hydrogen-bond donors (Lipinski definition) is 2. The summed E-state index contributed by atoms with van der Waals surface area (Å²) in [5, 5.41) is 2.66. The monoisotopic (exact) mass is 394 g/mol. The molecule has 0 aliphatic rings. The van der Waals surface area contributed by atoms with Gasteiger partial charge in [0.05, 0.1) is 16.7 Å². The highest BCUT2D eigenvalue weighted by atomic mass is 32.2. The summed E-state index contributed by atoms with van der Waals surface area (Å²) in [6.45, 7) is 5.22. The maximum Gasteiger partial charge on any atom is 0.261 e. The summed E-state index contributed by atoms with van der Waals surface area (Å²) in [7, 11) is -3.78. The zero-order chi connectivity index (χ0) is 19.3. The number of carbonyl (C=O) groups is 1. The molecular formula is C18H22N2O4S2. The second kappa shape index (κ2) is 8.46. The molecule has 0 saturated carbocycles. The molecule has 1 amide bonds. The van der Waals surface area contributed by atoms with Gasteiger partial charge in [0, 0.05) is 17.5 Å². The molecule has 0 aliphatic heterocycles. The number of anilines is 2. The smallest absolute Gasteiger partial charge is 0.261 e. The Morgan fingerprint density at radius 2 is 1.77 bits per heavy atom. The lowest BCUT2D eigenvalue weighted by molar-refractivity contribution is -0.114. The third kappa shape index (κ3) is 5.40. The van der Waals surface area contributed by atoms with Crippen molar-refractivity contribution in [3.63, 3.8) is 0 Å². The summed E-state index contributed by atoms with van der Waals surface area (Å²) in [6.07, 6.45) is 1.90. The predicted octanol–water partition coefficient (Wildman–Crippen LogP) is 3.95. The Kier molecular flexibility index (Phi) is 6.55. The third-order valence-corrected chi connectivity index (χ3v) is 5.45. The van der Waals surface area contributed by atoms with E-state index in [0.717, 1.165) is 4.90 Å². The molecule has 0 atom stereocenters. The Labute approximate surface area is 158 Å². The van der Waals surface area contributed by atoms with Gasteiger partial charge in [0.25, 0.3) is 10.0 Å². The second-order valence-corrected chi connectivity index (χ2v) is 8.37. The van der Waals surface area contributed by atoms with Gasteiger partial charge in [0.15, 0.2) is 0 Å². The van der Waals surface area contributed by atoms with E-state index in [9.17, 15) is 13.2 Å². The lowest BCUT2D eigenvalue weighted by atomic mass is 10.3. The molecule has 2 rings (SSSR count). The third-order valence-electron chi connectivity index (χ3n) is 3.27. The van der Waals surface area contributed by atoms with Crippen LogP contribution in [0.4, 0.5) is 11.4 Å². The highest BCUT2D eigenvalue weighted by molar-refractivity contribution is 7.98. The Morgan fingerprint density at radius 1 is 1.12 bits per heavy atom. The van der Waals surface area contributed by atoms with Crippen LogP contribution in [-0.4, -0.2) is 26.7 Å². The van der Waals surface area contributed by atoms with Gasteiger partial charge in [-0.2, -0.15) is 0 Å². The van der Waals surface area contributed by atoms with Gasteiger partial charge in [-0.1, -0.05) is 0 Å². The molecule has 2 aromatic rings. The van der Waals surface area contributed by atoms with Crippen LogP contribution in [-0.2, 0) is 14.8 Å². The Morgan fingerprint density at radius 3 is 2.31 bits per heavy atom. The van der Waals surface area contributed by atoms with Gasteiger partial charge in [-0.25, -0.2) is 8.42 Å².